The van der Waals surface area contributed by atoms with Crippen LogP contribution in [0.1, 0.15) is 15.9 Å². The molecule has 0 amide bonds. The Morgan fingerprint density at radius 2 is 2.20 bits per heavy atom. The highest BCUT2D eigenvalue weighted by atomic mass is 79.9. The monoisotopic (exact) mass is 293 g/mol. The van der Waals surface area contributed by atoms with Gasteiger partial charge in [0.2, 0.25) is 0 Å². The Morgan fingerprint density at radius 1 is 1.60 bits per heavy atom. The first-order valence-corrected chi connectivity index (χ1v) is 5.24. The molecule has 0 fully saturated rings. The third kappa shape index (κ3) is 2.27. The predicted octanol–water partition coefficient (Wildman–Crippen LogP) is 2.84. The molecule has 1 aromatic carbocycles. The summed E-state index contributed by atoms with van der Waals surface area (Å²) in [5.74, 6) is -1.36. The second-order valence-electron chi connectivity index (χ2n) is 2.62. The van der Waals surface area contributed by atoms with Crippen LogP contribution >= 0.6 is 27.5 Å². The van der Waals surface area contributed by atoms with Gasteiger partial charge in [0.05, 0.1) is 4.92 Å². The number of hydrogen-bond acceptors (Lipinski definition) is 3. The fourth-order valence-electron chi connectivity index (χ4n) is 1.13. The number of carboxylic acid groups (broad SMARTS) is 1. The van der Waals surface area contributed by atoms with Crippen molar-refractivity contribution in [1.29, 1.82) is 0 Å². The zero-order chi connectivity index (χ0) is 11.6. The first-order chi connectivity index (χ1) is 6.99. The maximum absolute atomic E-state index is 10.9. The van der Waals surface area contributed by atoms with E-state index in [9.17, 15) is 14.9 Å². The molecule has 0 aromatic heterocycles. The molecule has 0 aliphatic heterocycles. The summed E-state index contributed by atoms with van der Waals surface area (Å²) < 4.78 is 0. The van der Waals surface area contributed by atoms with Crippen molar-refractivity contribution in [3.63, 3.8) is 0 Å². The van der Waals surface area contributed by atoms with Crippen LogP contribution in [0.2, 0.25) is 5.02 Å². The molecule has 0 saturated carbocycles. The summed E-state index contributed by atoms with van der Waals surface area (Å²) >= 11 is 8.77. The maximum atomic E-state index is 10.9. The molecule has 80 valence electrons. The van der Waals surface area contributed by atoms with E-state index in [1.54, 1.807) is 0 Å². The molecule has 0 atom stereocenters. The van der Waals surface area contributed by atoms with Crippen molar-refractivity contribution in [3.8, 4) is 0 Å². The van der Waals surface area contributed by atoms with Crippen LogP contribution < -0.4 is 0 Å². The van der Waals surface area contributed by atoms with Gasteiger partial charge in [-0.2, -0.15) is 0 Å². The average Bonchev–Trinajstić information content (AvgIpc) is 2.16. The van der Waals surface area contributed by atoms with E-state index in [1.165, 1.54) is 6.07 Å². The number of alkyl halides is 1. The first-order valence-electron chi connectivity index (χ1n) is 3.74. The number of carboxylic acids is 1. The molecule has 7 heteroatoms. The minimum Gasteiger partial charge on any atom is -0.477 e. The van der Waals surface area contributed by atoms with Gasteiger partial charge in [0.25, 0.3) is 5.69 Å². The van der Waals surface area contributed by atoms with E-state index in [0.29, 0.717) is 0 Å². The van der Waals surface area contributed by atoms with E-state index in [1.807, 2.05) is 0 Å². The van der Waals surface area contributed by atoms with Gasteiger partial charge in [-0.05, 0) is 6.07 Å². The van der Waals surface area contributed by atoms with Crippen molar-refractivity contribution in [2.75, 3.05) is 0 Å². The molecule has 0 aliphatic carbocycles. The Kier molecular flexibility index (Phi) is 3.65. The summed E-state index contributed by atoms with van der Waals surface area (Å²) in [4.78, 5) is 20.7. The number of nitro benzene ring substituents is 1. The number of hydrogen-bond donors (Lipinski definition) is 1. The molecule has 0 heterocycles. The van der Waals surface area contributed by atoms with Crippen LogP contribution in [0, 0.1) is 10.1 Å². The second-order valence-corrected chi connectivity index (χ2v) is 3.58. The van der Waals surface area contributed by atoms with Crippen molar-refractivity contribution in [2.24, 2.45) is 0 Å². The summed E-state index contributed by atoms with van der Waals surface area (Å²) in [6.45, 7) is 0. The van der Waals surface area contributed by atoms with Crippen LogP contribution in [0.5, 0.6) is 0 Å². The SMILES string of the molecule is O=C(O)c1c([N+](=O)[O-])ccc(Cl)c1CBr. The lowest BCUT2D eigenvalue weighted by Crippen LogP contribution is -2.06. The van der Waals surface area contributed by atoms with Crippen molar-refractivity contribution >= 4 is 39.2 Å². The number of nitro groups is 1. The van der Waals surface area contributed by atoms with E-state index in [0.717, 1.165) is 6.07 Å². The topological polar surface area (TPSA) is 80.4 Å². The lowest BCUT2D eigenvalue weighted by molar-refractivity contribution is -0.385. The summed E-state index contributed by atoms with van der Waals surface area (Å²) in [5.41, 5.74) is -0.621. The third-order valence-corrected chi connectivity index (χ3v) is 2.69. The molecule has 15 heavy (non-hydrogen) atoms. The van der Waals surface area contributed by atoms with Crippen LogP contribution in [0.25, 0.3) is 0 Å². The first kappa shape index (κ1) is 11.9. The second kappa shape index (κ2) is 4.59. The zero-order valence-corrected chi connectivity index (χ0v) is 9.58. The van der Waals surface area contributed by atoms with Crippen LogP contribution in [0.3, 0.4) is 0 Å². The van der Waals surface area contributed by atoms with Gasteiger partial charge in [-0.25, -0.2) is 4.79 Å². The number of nitrogens with zero attached hydrogens (tertiary/aromatic N) is 1. The molecular formula is C8H5BrClNO4. The highest BCUT2D eigenvalue weighted by Crippen LogP contribution is 2.30. The Hall–Kier alpha value is -1.14. The summed E-state index contributed by atoms with van der Waals surface area (Å²) in [6.07, 6.45) is 0. The number of halogens is 2. The van der Waals surface area contributed by atoms with E-state index in [2.05, 4.69) is 15.9 Å². The van der Waals surface area contributed by atoms with Gasteiger partial charge in [0.1, 0.15) is 5.56 Å². The standard InChI is InChI=1S/C8H5BrClNO4/c9-3-4-5(10)1-2-6(11(14)15)7(4)8(12)13/h1-2H,3H2,(H,12,13). The van der Waals surface area contributed by atoms with E-state index in [4.69, 9.17) is 16.7 Å². The normalized spacial score (nSPS) is 10.0. The molecule has 0 radical (unpaired) electrons. The fraction of sp³-hybridized carbons (Fsp3) is 0.125. The lowest BCUT2D eigenvalue weighted by Gasteiger charge is -2.05. The number of carbonyl (C=O) groups is 1. The fourth-order valence-corrected chi connectivity index (χ4v) is 2.10. The average molecular weight is 294 g/mol. The quantitative estimate of drug-likeness (QED) is 0.528. The molecule has 1 rings (SSSR count). The molecule has 0 bridgehead atoms. The van der Waals surface area contributed by atoms with E-state index >= 15 is 0 Å². The molecule has 0 saturated heterocycles. The van der Waals surface area contributed by atoms with Crippen LogP contribution in [0.15, 0.2) is 12.1 Å². The zero-order valence-electron chi connectivity index (χ0n) is 7.24. The molecule has 0 aliphatic rings. The highest BCUT2D eigenvalue weighted by molar-refractivity contribution is 9.08. The Morgan fingerprint density at radius 3 is 2.60 bits per heavy atom. The smallest absolute Gasteiger partial charge is 0.343 e. The van der Waals surface area contributed by atoms with Gasteiger partial charge in [-0.1, -0.05) is 27.5 Å². The molecular weight excluding hydrogens is 289 g/mol. The van der Waals surface area contributed by atoms with Gasteiger partial charge < -0.3 is 5.11 Å². The molecule has 1 aromatic rings. The van der Waals surface area contributed by atoms with Gasteiger partial charge in [-0.3, -0.25) is 10.1 Å². The number of aromatic carboxylic acids is 1. The molecule has 0 spiro atoms. The van der Waals surface area contributed by atoms with Crippen LogP contribution in [-0.4, -0.2) is 16.0 Å². The number of benzene rings is 1. The largest absolute Gasteiger partial charge is 0.477 e. The molecule has 5 nitrogen and oxygen atoms in total. The van der Waals surface area contributed by atoms with Gasteiger partial charge in [0, 0.05) is 22.0 Å². The minimum absolute atomic E-state index is 0.148. The lowest BCUT2D eigenvalue weighted by atomic mass is 10.1. The van der Waals surface area contributed by atoms with E-state index in [-0.39, 0.29) is 21.5 Å². The van der Waals surface area contributed by atoms with Gasteiger partial charge >= 0.3 is 5.97 Å². The third-order valence-electron chi connectivity index (χ3n) is 1.78. The van der Waals surface area contributed by atoms with Gasteiger partial charge in [-0.15, -0.1) is 0 Å². The molecule has 1 N–H and O–H groups in total. The highest BCUT2D eigenvalue weighted by Gasteiger charge is 2.24. The molecule has 0 unspecified atom stereocenters. The summed E-state index contributed by atoms with van der Waals surface area (Å²) in [5, 5.41) is 19.8. The maximum Gasteiger partial charge on any atom is 0.343 e. The Bertz CT molecular complexity index is 435. The summed E-state index contributed by atoms with van der Waals surface area (Å²) in [6, 6.07) is 2.39. The van der Waals surface area contributed by atoms with Crippen molar-refractivity contribution < 1.29 is 14.8 Å². The van der Waals surface area contributed by atoms with Crippen molar-refractivity contribution in [1.82, 2.24) is 0 Å². The van der Waals surface area contributed by atoms with Crippen molar-refractivity contribution in [2.45, 2.75) is 5.33 Å². The van der Waals surface area contributed by atoms with Crippen molar-refractivity contribution in [3.05, 3.63) is 38.4 Å². The van der Waals surface area contributed by atoms with Crippen LogP contribution in [-0.2, 0) is 5.33 Å². The van der Waals surface area contributed by atoms with Crippen LogP contribution in [0.4, 0.5) is 5.69 Å². The Balaban J connectivity index is 3.56. The predicted molar refractivity (Wildman–Crippen MR) is 57.7 cm³/mol. The van der Waals surface area contributed by atoms with Gasteiger partial charge in [0.15, 0.2) is 0 Å². The number of rotatable bonds is 3. The Labute approximate surface area is 97.9 Å². The van der Waals surface area contributed by atoms with E-state index < -0.39 is 16.6 Å². The minimum atomic E-state index is -1.36. The summed E-state index contributed by atoms with van der Waals surface area (Å²) in [7, 11) is 0.